The number of likely N-dealkylation sites (tertiary alicyclic amines) is 1. The summed E-state index contributed by atoms with van der Waals surface area (Å²) in [5, 5.41) is 0. The maximum absolute atomic E-state index is 11.9. The molecule has 1 aliphatic heterocycles. The highest BCUT2D eigenvalue weighted by Crippen LogP contribution is 2.23. The SMILES string of the molecule is NC(=O)C1CCN(CC(F)(F)F)C1=O. The minimum atomic E-state index is -4.43. The van der Waals surface area contributed by atoms with E-state index < -0.39 is 30.5 Å². The lowest BCUT2D eigenvalue weighted by molar-refractivity contribution is -0.159. The average molecular weight is 210 g/mol. The largest absolute Gasteiger partial charge is 0.406 e. The standard InChI is InChI=1S/C7H9F3N2O2/c8-7(9,10)3-12-2-1-4(5(11)13)6(12)14/h4H,1-3H2,(H2,11,13). The summed E-state index contributed by atoms with van der Waals surface area (Å²) in [6.45, 7) is -1.37. The molecule has 1 heterocycles. The van der Waals surface area contributed by atoms with Gasteiger partial charge in [-0.1, -0.05) is 0 Å². The summed E-state index contributed by atoms with van der Waals surface area (Å²) in [7, 11) is 0. The van der Waals surface area contributed by atoms with Crippen LogP contribution in [0.4, 0.5) is 13.2 Å². The lowest BCUT2D eigenvalue weighted by atomic mass is 10.1. The minimum absolute atomic E-state index is 0.0635. The smallest absolute Gasteiger partial charge is 0.369 e. The van der Waals surface area contributed by atoms with Crippen LogP contribution in [0.1, 0.15) is 6.42 Å². The Morgan fingerprint density at radius 3 is 2.50 bits per heavy atom. The van der Waals surface area contributed by atoms with Crippen LogP contribution in [0, 0.1) is 5.92 Å². The summed E-state index contributed by atoms with van der Waals surface area (Å²) in [6.07, 6.45) is -4.35. The van der Waals surface area contributed by atoms with Gasteiger partial charge in [0, 0.05) is 6.54 Å². The zero-order chi connectivity index (χ0) is 10.9. The molecule has 7 heteroatoms. The van der Waals surface area contributed by atoms with Gasteiger partial charge in [-0.25, -0.2) is 0 Å². The third-order valence-corrected chi connectivity index (χ3v) is 2.01. The highest BCUT2D eigenvalue weighted by molar-refractivity contribution is 6.00. The van der Waals surface area contributed by atoms with Gasteiger partial charge in [-0.05, 0) is 6.42 Å². The van der Waals surface area contributed by atoms with Gasteiger partial charge in [0.05, 0.1) is 0 Å². The first kappa shape index (κ1) is 10.8. The van der Waals surface area contributed by atoms with Crippen LogP contribution in [0.3, 0.4) is 0 Å². The zero-order valence-electron chi connectivity index (χ0n) is 7.17. The van der Waals surface area contributed by atoms with Gasteiger partial charge >= 0.3 is 6.18 Å². The number of hydrogen-bond donors (Lipinski definition) is 1. The molecule has 0 aromatic carbocycles. The Kier molecular flexibility index (Phi) is 2.68. The molecule has 1 aliphatic rings. The first-order valence-electron chi connectivity index (χ1n) is 3.96. The van der Waals surface area contributed by atoms with Crippen LogP contribution in [0.5, 0.6) is 0 Å². The maximum Gasteiger partial charge on any atom is 0.406 e. The van der Waals surface area contributed by atoms with E-state index in [4.69, 9.17) is 5.73 Å². The second-order valence-corrected chi connectivity index (χ2v) is 3.12. The zero-order valence-corrected chi connectivity index (χ0v) is 7.17. The third-order valence-electron chi connectivity index (χ3n) is 2.01. The second-order valence-electron chi connectivity index (χ2n) is 3.12. The van der Waals surface area contributed by atoms with Crippen molar-refractivity contribution in [1.29, 1.82) is 0 Å². The molecule has 0 radical (unpaired) electrons. The topological polar surface area (TPSA) is 63.4 Å². The van der Waals surface area contributed by atoms with E-state index in [0.29, 0.717) is 4.90 Å². The molecule has 0 saturated carbocycles. The molecule has 1 rings (SSSR count). The molecule has 2 N–H and O–H groups in total. The van der Waals surface area contributed by atoms with Crippen LogP contribution >= 0.6 is 0 Å². The lowest BCUT2D eigenvalue weighted by Crippen LogP contribution is -2.38. The van der Waals surface area contributed by atoms with Crippen LogP contribution in [0.25, 0.3) is 0 Å². The summed E-state index contributed by atoms with van der Waals surface area (Å²) in [6, 6.07) is 0. The molecule has 0 bridgehead atoms. The van der Waals surface area contributed by atoms with Crippen molar-refractivity contribution >= 4 is 11.8 Å². The quantitative estimate of drug-likeness (QED) is 0.646. The van der Waals surface area contributed by atoms with Crippen molar-refractivity contribution in [2.24, 2.45) is 11.7 Å². The van der Waals surface area contributed by atoms with Gasteiger partial charge in [0.15, 0.2) is 0 Å². The third kappa shape index (κ3) is 2.36. The molecule has 1 atom stereocenters. The van der Waals surface area contributed by atoms with Crippen LogP contribution in [0.2, 0.25) is 0 Å². The van der Waals surface area contributed by atoms with E-state index in [1.165, 1.54) is 0 Å². The van der Waals surface area contributed by atoms with Crippen LogP contribution in [0.15, 0.2) is 0 Å². The molecule has 2 amide bonds. The highest BCUT2D eigenvalue weighted by Gasteiger charge is 2.41. The van der Waals surface area contributed by atoms with E-state index in [0.717, 1.165) is 0 Å². The Hall–Kier alpha value is -1.27. The van der Waals surface area contributed by atoms with Crippen molar-refractivity contribution in [1.82, 2.24) is 4.90 Å². The fraction of sp³-hybridized carbons (Fsp3) is 0.714. The van der Waals surface area contributed by atoms with Crippen LogP contribution in [-0.4, -0.2) is 36.0 Å². The molecule has 4 nitrogen and oxygen atoms in total. The fourth-order valence-electron chi connectivity index (χ4n) is 1.38. The molecular weight excluding hydrogens is 201 g/mol. The fourth-order valence-corrected chi connectivity index (χ4v) is 1.38. The lowest BCUT2D eigenvalue weighted by Gasteiger charge is -2.17. The number of primary amides is 1. The van der Waals surface area contributed by atoms with Gasteiger partial charge in [-0.15, -0.1) is 0 Å². The summed E-state index contributed by atoms with van der Waals surface area (Å²) in [5.41, 5.74) is 4.85. The predicted octanol–water partition coefficient (Wildman–Crippen LogP) is -0.117. The van der Waals surface area contributed by atoms with Crippen molar-refractivity contribution in [3.05, 3.63) is 0 Å². The van der Waals surface area contributed by atoms with Gasteiger partial charge in [-0.2, -0.15) is 13.2 Å². The molecule has 14 heavy (non-hydrogen) atoms. The normalized spacial score (nSPS) is 22.9. The number of hydrogen-bond acceptors (Lipinski definition) is 2. The van der Waals surface area contributed by atoms with E-state index in [9.17, 15) is 22.8 Å². The summed E-state index contributed by atoms with van der Waals surface area (Å²) in [4.78, 5) is 22.4. The van der Waals surface area contributed by atoms with Gasteiger partial charge in [0.1, 0.15) is 12.5 Å². The average Bonchev–Trinajstić information content (AvgIpc) is 2.29. The van der Waals surface area contributed by atoms with Crippen molar-refractivity contribution in [3.63, 3.8) is 0 Å². The maximum atomic E-state index is 11.9. The van der Waals surface area contributed by atoms with Crippen molar-refractivity contribution < 1.29 is 22.8 Å². The first-order valence-corrected chi connectivity index (χ1v) is 3.96. The second kappa shape index (κ2) is 3.47. The molecular formula is C7H9F3N2O2. The Morgan fingerprint density at radius 2 is 2.14 bits per heavy atom. The number of alkyl halides is 3. The van der Waals surface area contributed by atoms with E-state index in [2.05, 4.69) is 0 Å². The van der Waals surface area contributed by atoms with E-state index in [1.54, 1.807) is 0 Å². The Labute approximate surface area is 77.8 Å². The molecule has 1 unspecified atom stereocenters. The Bertz CT molecular complexity index is 264. The van der Waals surface area contributed by atoms with Crippen molar-refractivity contribution in [2.75, 3.05) is 13.1 Å². The number of carbonyl (C=O) groups is 2. The summed E-state index contributed by atoms with van der Waals surface area (Å²) < 4.78 is 35.7. The minimum Gasteiger partial charge on any atom is -0.369 e. The molecule has 0 spiro atoms. The number of amides is 2. The van der Waals surface area contributed by atoms with Gasteiger partial charge in [0.25, 0.3) is 0 Å². The monoisotopic (exact) mass is 210 g/mol. The van der Waals surface area contributed by atoms with Gasteiger partial charge < -0.3 is 10.6 Å². The van der Waals surface area contributed by atoms with E-state index in [-0.39, 0.29) is 13.0 Å². The molecule has 1 saturated heterocycles. The Morgan fingerprint density at radius 1 is 1.57 bits per heavy atom. The summed E-state index contributed by atoms with van der Waals surface area (Å²) >= 11 is 0. The number of carbonyl (C=O) groups excluding carboxylic acids is 2. The molecule has 0 aromatic rings. The van der Waals surface area contributed by atoms with Gasteiger partial charge in [-0.3, -0.25) is 9.59 Å². The molecule has 80 valence electrons. The number of halogens is 3. The number of nitrogens with zero attached hydrogens (tertiary/aromatic N) is 1. The molecule has 0 aromatic heterocycles. The van der Waals surface area contributed by atoms with Crippen molar-refractivity contribution in [2.45, 2.75) is 12.6 Å². The first-order chi connectivity index (χ1) is 6.31. The molecule has 1 fully saturated rings. The number of rotatable bonds is 2. The predicted molar refractivity (Wildman–Crippen MR) is 39.9 cm³/mol. The van der Waals surface area contributed by atoms with Gasteiger partial charge in [0.2, 0.25) is 11.8 Å². The number of nitrogens with two attached hydrogens (primary N) is 1. The van der Waals surface area contributed by atoms with Crippen LogP contribution in [-0.2, 0) is 9.59 Å². The Balaban J connectivity index is 2.61. The van der Waals surface area contributed by atoms with Crippen molar-refractivity contribution in [3.8, 4) is 0 Å². The summed E-state index contributed by atoms with van der Waals surface area (Å²) in [5.74, 6) is -2.77. The van der Waals surface area contributed by atoms with E-state index >= 15 is 0 Å². The highest BCUT2D eigenvalue weighted by atomic mass is 19.4. The van der Waals surface area contributed by atoms with E-state index in [1.807, 2.05) is 0 Å². The molecule has 0 aliphatic carbocycles. The van der Waals surface area contributed by atoms with Crippen LogP contribution < -0.4 is 5.73 Å².